The van der Waals surface area contributed by atoms with E-state index in [1.807, 2.05) is 0 Å². The predicted molar refractivity (Wildman–Crippen MR) is 207 cm³/mol. The van der Waals surface area contributed by atoms with Gasteiger partial charge in [0.25, 0.3) is 0 Å². The van der Waals surface area contributed by atoms with Crippen molar-refractivity contribution in [3.8, 4) is 28.2 Å². The van der Waals surface area contributed by atoms with Crippen LogP contribution in [0.2, 0.25) is 10.0 Å². The van der Waals surface area contributed by atoms with Gasteiger partial charge in [0.05, 0.1) is 84.9 Å². The van der Waals surface area contributed by atoms with Gasteiger partial charge in [0, 0.05) is 29.6 Å². The molecule has 2 aromatic rings. The number of benzene rings is 3. The molecule has 0 fully saturated rings. The van der Waals surface area contributed by atoms with Crippen LogP contribution in [0.25, 0.3) is 33.4 Å². The molecule has 1 aliphatic heterocycles. The van der Waals surface area contributed by atoms with Crippen LogP contribution < -0.4 is 5.43 Å². The third kappa shape index (κ3) is 10.6. The third-order valence-electron chi connectivity index (χ3n) is 8.49. The van der Waals surface area contributed by atoms with E-state index in [2.05, 4.69) is 0 Å². The zero-order valence-corrected chi connectivity index (χ0v) is 33.4. The van der Waals surface area contributed by atoms with Crippen LogP contribution in [0.5, 0.6) is 5.75 Å². The van der Waals surface area contributed by atoms with Crippen molar-refractivity contribution in [2.75, 3.05) is 52.6 Å². The fraction of sp³-hybridized carbons (Fsp3) is 0.359. The smallest absolute Gasteiger partial charge is 0.336 e. The maximum atomic E-state index is 14.0. The largest absolute Gasteiger partial charge is 0.506 e. The molecular weight excluding hydrogens is 807 g/mol. The summed E-state index contributed by atoms with van der Waals surface area (Å²) >= 11 is 13.2. The van der Waals surface area contributed by atoms with Gasteiger partial charge in [0.1, 0.15) is 17.1 Å². The number of carbonyl (C=O) groups excluding carboxylic acids is 4. The second-order valence-electron chi connectivity index (χ2n) is 12.5. The number of hydrogen-bond donors (Lipinski definition) is 3. The number of phenols is 1. The lowest BCUT2D eigenvalue weighted by atomic mass is 9.87. The molecule has 2 aliphatic rings. The molecule has 58 heavy (non-hydrogen) atoms. The van der Waals surface area contributed by atoms with E-state index in [9.17, 15) is 48.9 Å². The maximum absolute atomic E-state index is 14.0. The van der Waals surface area contributed by atoms with E-state index in [1.54, 1.807) is 27.7 Å². The van der Waals surface area contributed by atoms with Gasteiger partial charge in [-0.05, 0) is 63.6 Å². The summed E-state index contributed by atoms with van der Waals surface area (Å²) < 4.78 is 26.8. The molecule has 0 saturated heterocycles. The van der Waals surface area contributed by atoms with Crippen LogP contribution in [0.3, 0.4) is 0 Å². The molecule has 1 heterocycles. The fourth-order valence-corrected chi connectivity index (χ4v) is 6.63. The van der Waals surface area contributed by atoms with Crippen molar-refractivity contribution in [1.29, 1.82) is 0 Å². The summed E-state index contributed by atoms with van der Waals surface area (Å²) in [5.74, 6) is -6.75. The lowest BCUT2D eigenvalue weighted by molar-refractivity contribution is -0.150. The minimum atomic E-state index is -1.48. The first-order valence-electron chi connectivity index (χ1n) is 17.8. The van der Waals surface area contributed by atoms with Gasteiger partial charge in [0.2, 0.25) is 5.43 Å². The fourth-order valence-electron chi connectivity index (χ4n) is 6.18. The van der Waals surface area contributed by atoms with Crippen molar-refractivity contribution in [1.82, 2.24) is 9.80 Å². The van der Waals surface area contributed by atoms with Crippen molar-refractivity contribution >= 4 is 70.0 Å². The zero-order chi connectivity index (χ0) is 42.8. The van der Waals surface area contributed by atoms with Gasteiger partial charge in [0.15, 0.2) is 0 Å². The van der Waals surface area contributed by atoms with Gasteiger partial charge >= 0.3 is 35.8 Å². The van der Waals surface area contributed by atoms with Crippen LogP contribution in [0.1, 0.15) is 59.5 Å². The number of aromatic hydroxyl groups is 1. The Balaban J connectivity index is 2.18. The van der Waals surface area contributed by atoms with Gasteiger partial charge in [-0.1, -0.05) is 23.2 Å². The number of carboxylic acid groups (broad SMARTS) is 2. The first kappa shape index (κ1) is 45.0. The molecule has 0 radical (unpaired) electrons. The number of halogens is 2. The summed E-state index contributed by atoms with van der Waals surface area (Å²) in [6, 6.07) is 5.63. The Morgan fingerprint density at radius 1 is 0.655 bits per heavy atom. The van der Waals surface area contributed by atoms with Crippen LogP contribution in [0.4, 0.5) is 0 Å². The molecule has 19 heteroatoms. The minimum absolute atomic E-state index is 0.00314. The van der Waals surface area contributed by atoms with Gasteiger partial charge in [-0.15, -0.1) is 0 Å². The van der Waals surface area contributed by atoms with Gasteiger partial charge in [-0.2, -0.15) is 0 Å². The molecule has 0 saturated carbocycles. The molecule has 0 atom stereocenters. The normalized spacial score (nSPS) is 11.2. The van der Waals surface area contributed by atoms with E-state index in [0.29, 0.717) is 0 Å². The lowest BCUT2D eigenvalue weighted by Gasteiger charge is -2.25. The van der Waals surface area contributed by atoms with Crippen molar-refractivity contribution < 1.29 is 67.5 Å². The van der Waals surface area contributed by atoms with Crippen LogP contribution in [-0.4, -0.2) is 114 Å². The number of rotatable bonds is 19. The Bertz CT molecular complexity index is 2230. The number of carboxylic acids is 2. The molecule has 0 unspecified atom stereocenters. The summed E-state index contributed by atoms with van der Waals surface area (Å²) in [5, 5.41) is 31.1. The topological polar surface area (TPSA) is 237 Å². The Morgan fingerprint density at radius 3 is 1.59 bits per heavy atom. The standard InChI is InChI=1S/C39H40Cl2N2O15/c1-5-54-29(44)16-42(17-30(45)55-6-2)14-25-34(48)27(40)12-23-33(22-11-20(38(50)51)9-10-21(22)39(52)53)24-13-28(41)35(49)26(37(24)58-36(23)25)15-43(18-31(46)56-7-3)19-32(47)57-8-4/h9-13,48H,5-8,14-19H2,1-4H3,(H,50,51)(H,52,53). The zero-order valence-electron chi connectivity index (χ0n) is 31.8. The second kappa shape index (κ2) is 20.1. The average Bonchev–Trinajstić information content (AvgIpc) is 3.14. The molecule has 0 spiro atoms. The molecule has 17 nitrogen and oxygen atoms in total. The van der Waals surface area contributed by atoms with Crippen molar-refractivity contribution in [3.05, 3.63) is 72.9 Å². The van der Waals surface area contributed by atoms with Gasteiger partial charge in [-0.25, -0.2) is 9.59 Å². The highest BCUT2D eigenvalue weighted by Gasteiger charge is 2.32. The summed E-state index contributed by atoms with van der Waals surface area (Å²) in [7, 11) is 0. The van der Waals surface area contributed by atoms with E-state index < -0.39 is 96.8 Å². The summed E-state index contributed by atoms with van der Waals surface area (Å²) in [4.78, 5) is 92.2. The third-order valence-corrected chi connectivity index (χ3v) is 9.06. The number of phenolic OH excluding ortho intramolecular Hbond substituents is 1. The number of esters is 4. The molecule has 4 rings (SSSR count). The number of ether oxygens (including phenoxy) is 4. The molecule has 0 amide bonds. The van der Waals surface area contributed by atoms with Gasteiger partial charge in [-0.3, -0.25) is 33.8 Å². The molecule has 1 aliphatic carbocycles. The lowest BCUT2D eigenvalue weighted by Crippen LogP contribution is -2.37. The molecule has 310 valence electrons. The second-order valence-corrected chi connectivity index (χ2v) is 13.3. The first-order chi connectivity index (χ1) is 27.5. The Labute approximate surface area is 340 Å². The number of fused-ring (bicyclic) bond motifs is 2. The predicted octanol–water partition coefficient (Wildman–Crippen LogP) is 4.83. The summed E-state index contributed by atoms with van der Waals surface area (Å²) in [6.45, 7) is 3.36. The minimum Gasteiger partial charge on any atom is -0.506 e. The van der Waals surface area contributed by atoms with E-state index in [4.69, 9.17) is 46.6 Å². The van der Waals surface area contributed by atoms with Crippen LogP contribution >= 0.6 is 23.2 Å². The number of aromatic carboxylic acids is 2. The quantitative estimate of drug-likeness (QED) is 0.0651. The van der Waals surface area contributed by atoms with Gasteiger partial charge < -0.3 is 38.7 Å². The van der Waals surface area contributed by atoms with E-state index in [0.717, 1.165) is 18.2 Å². The Hall–Kier alpha value is -5.75. The van der Waals surface area contributed by atoms with E-state index >= 15 is 0 Å². The Morgan fingerprint density at radius 2 is 1.14 bits per heavy atom. The number of carbonyl (C=O) groups is 6. The van der Waals surface area contributed by atoms with Crippen LogP contribution in [0.15, 0.2) is 39.5 Å². The monoisotopic (exact) mass is 846 g/mol. The van der Waals surface area contributed by atoms with Crippen molar-refractivity contribution in [2.45, 2.75) is 40.8 Å². The summed E-state index contributed by atoms with van der Waals surface area (Å²) in [6.07, 6.45) is 0. The Kier molecular flexibility index (Phi) is 15.6. The number of nitrogens with zero attached hydrogens (tertiary/aromatic N) is 2. The number of hydrogen-bond acceptors (Lipinski definition) is 15. The highest BCUT2D eigenvalue weighted by Crippen LogP contribution is 2.48. The van der Waals surface area contributed by atoms with Crippen LogP contribution in [-0.2, 0) is 51.2 Å². The first-order valence-corrected chi connectivity index (χ1v) is 18.6. The highest BCUT2D eigenvalue weighted by molar-refractivity contribution is 6.33. The average molecular weight is 848 g/mol. The van der Waals surface area contributed by atoms with Crippen molar-refractivity contribution in [2.24, 2.45) is 0 Å². The molecule has 0 bridgehead atoms. The van der Waals surface area contributed by atoms with E-state index in [-0.39, 0.29) is 81.6 Å². The van der Waals surface area contributed by atoms with Crippen LogP contribution in [0, 0.1) is 0 Å². The SMILES string of the molecule is CCOC(=O)CN(CC(=O)OCC)Cc1c2oc3c(CN(CC(=O)OCC)CC(=O)OCC)c(O)c(Cl)cc3c(-c3cc(C(=O)O)ccc3C(=O)O)c-2cc(Cl)c1=O. The maximum Gasteiger partial charge on any atom is 0.336 e. The van der Waals surface area contributed by atoms with Crippen molar-refractivity contribution in [3.63, 3.8) is 0 Å². The highest BCUT2D eigenvalue weighted by atomic mass is 35.5. The molecule has 2 aromatic carbocycles. The molecule has 0 aromatic heterocycles. The molecular formula is C39H40Cl2N2O15. The summed E-state index contributed by atoms with van der Waals surface area (Å²) in [5.41, 5.74) is -2.50. The molecule has 3 N–H and O–H groups in total. The van der Waals surface area contributed by atoms with E-state index in [1.165, 1.54) is 21.9 Å².